The molecule has 3 heteroatoms. The summed E-state index contributed by atoms with van der Waals surface area (Å²) < 4.78 is 0. The number of hydrogen-bond acceptors (Lipinski definition) is 1. The van der Waals surface area contributed by atoms with Gasteiger partial charge in [0.15, 0.2) is 0 Å². The van der Waals surface area contributed by atoms with Gasteiger partial charge in [-0.2, -0.15) is 0 Å². The highest BCUT2D eigenvalue weighted by atomic mass is 31.0. The van der Waals surface area contributed by atoms with E-state index in [-0.39, 0.29) is 6.42 Å². The maximum Gasteiger partial charge on any atom is 0.303 e. The normalized spacial score (nSPS) is 10.7. The monoisotopic (exact) mass is 424 g/mol. The number of carboxylic acid groups (broad SMARTS) is 1. The highest BCUT2D eigenvalue weighted by molar-refractivity contribution is 7.28. The molecule has 0 saturated carbocycles. The first-order valence-electron chi connectivity index (χ1n) is 10.5. The van der Waals surface area contributed by atoms with Crippen molar-refractivity contribution in [2.75, 3.05) is 0 Å². The number of carbonyl (C=O) groups is 1. The summed E-state index contributed by atoms with van der Waals surface area (Å²) in [7, 11) is 2.91. The lowest BCUT2D eigenvalue weighted by Gasteiger charge is -2.22. The Hall–Kier alpha value is -3.22. The number of benzene rings is 4. The van der Waals surface area contributed by atoms with Crippen molar-refractivity contribution in [3.8, 4) is 33.4 Å². The topological polar surface area (TPSA) is 37.3 Å². The lowest BCUT2D eigenvalue weighted by Crippen LogP contribution is -2.07. The number of rotatable bonds is 7. The third kappa shape index (κ3) is 4.76. The smallest absolute Gasteiger partial charge is 0.303 e. The van der Waals surface area contributed by atoms with Gasteiger partial charge in [-0.05, 0) is 57.1 Å². The SMILES string of the molecule is O=C(O)CCCc1cc(P)c(-c2ccccc2)c(-c2ccccc2)c1-c1ccccc1. The quantitative estimate of drug-likeness (QED) is 0.340. The summed E-state index contributed by atoms with van der Waals surface area (Å²) in [5, 5.41) is 10.3. The molecule has 0 aliphatic carbocycles. The minimum absolute atomic E-state index is 0.168. The molecule has 154 valence electrons. The van der Waals surface area contributed by atoms with Crippen LogP contribution in [0, 0.1) is 0 Å². The van der Waals surface area contributed by atoms with Crippen molar-refractivity contribution in [2.45, 2.75) is 19.3 Å². The second-order valence-electron chi connectivity index (χ2n) is 7.60. The van der Waals surface area contributed by atoms with Crippen LogP contribution < -0.4 is 5.30 Å². The molecule has 0 aliphatic rings. The van der Waals surface area contributed by atoms with E-state index in [1.165, 1.54) is 27.8 Å². The molecule has 0 bridgehead atoms. The fourth-order valence-electron chi connectivity index (χ4n) is 4.13. The minimum atomic E-state index is -0.753. The summed E-state index contributed by atoms with van der Waals surface area (Å²) in [6.07, 6.45) is 1.49. The first-order valence-corrected chi connectivity index (χ1v) is 11.1. The van der Waals surface area contributed by atoms with E-state index < -0.39 is 5.97 Å². The molecule has 0 fully saturated rings. The summed E-state index contributed by atoms with van der Waals surface area (Å²) in [5.41, 5.74) is 8.21. The van der Waals surface area contributed by atoms with Crippen LogP contribution in [0.2, 0.25) is 0 Å². The minimum Gasteiger partial charge on any atom is -0.481 e. The van der Waals surface area contributed by atoms with Crippen LogP contribution in [0.15, 0.2) is 97.1 Å². The molecule has 0 amide bonds. The molecule has 0 spiro atoms. The fourth-order valence-corrected chi connectivity index (χ4v) is 4.65. The largest absolute Gasteiger partial charge is 0.481 e. The van der Waals surface area contributed by atoms with Crippen molar-refractivity contribution >= 4 is 20.5 Å². The molecule has 0 radical (unpaired) electrons. The van der Waals surface area contributed by atoms with Gasteiger partial charge in [-0.15, -0.1) is 9.24 Å². The van der Waals surface area contributed by atoms with Crippen LogP contribution in [0.3, 0.4) is 0 Å². The molecule has 2 nitrogen and oxygen atoms in total. The molecule has 0 aromatic heterocycles. The zero-order valence-corrected chi connectivity index (χ0v) is 18.4. The van der Waals surface area contributed by atoms with Gasteiger partial charge in [-0.25, -0.2) is 0 Å². The van der Waals surface area contributed by atoms with E-state index in [0.29, 0.717) is 12.8 Å². The van der Waals surface area contributed by atoms with Gasteiger partial charge < -0.3 is 5.11 Å². The lowest BCUT2D eigenvalue weighted by atomic mass is 9.83. The van der Waals surface area contributed by atoms with Gasteiger partial charge >= 0.3 is 5.97 Å². The Bertz CT molecular complexity index is 1170. The standard InChI is InChI=1S/C28H25O2P/c29-25(30)18-10-17-23-19-24(31)27(21-13-6-2-7-14-21)28(22-15-8-3-9-16-22)26(23)20-11-4-1-5-12-20/h1-9,11-16,19H,10,17-18,31H2,(H,29,30). The van der Waals surface area contributed by atoms with Crippen LogP contribution in [0.5, 0.6) is 0 Å². The van der Waals surface area contributed by atoms with Crippen molar-refractivity contribution in [1.29, 1.82) is 0 Å². The predicted molar refractivity (Wildman–Crippen MR) is 133 cm³/mol. The molecule has 4 rings (SSSR count). The Morgan fingerprint density at radius 3 is 1.61 bits per heavy atom. The Morgan fingerprint density at radius 2 is 1.13 bits per heavy atom. The third-order valence-electron chi connectivity index (χ3n) is 5.46. The van der Waals surface area contributed by atoms with Crippen LogP contribution >= 0.6 is 9.24 Å². The first kappa shape index (κ1) is 21.0. The molecule has 1 N–H and O–H groups in total. The molecule has 1 unspecified atom stereocenters. The Labute approximate surface area is 185 Å². The van der Waals surface area contributed by atoms with Crippen LogP contribution in [-0.4, -0.2) is 11.1 Å². The summed E-state index contributed by atoms with van der Waals surface area (Å²) in [6.45, 7) is 0. The van der Waals surface area contributed by atoms with Crippen molar-refractivity contribution in [3.63, 3.8) is 0 Å². The zero-order chi connectivity index (χ0) is 21.6. The summed E-state index contributed by atoms with van der Waals surface area (Å²) in [6, 6.07) is 33.6. The van der Waals surface area contributed by atoms with E-state index in [9.17, 15) is 4.79 Å². The van der Waals surface area contributed by atoms with Gasteiger partial charge in [0, 0.05) is 6.42 Å². The molecule has 0 heterocycles. The molecular formula is C28H25O2P. The van der Waals surface area contributed by atoms with Gasteiger partial charge in [-0.1, -0.05) is 97.1 Å². The van der Waals surface area contributed by atoms with Crippen molar-refractivity contribution in [3.05, 3.63) is 103 Å². The maximum absolute atomic E-state index is 11.1. The van der Waals surface area contributed by atoms with E-state index in [4.69, 9.17) is 5.11 Å². The van der Waals surface area contributed by atoms with Gasteiger partial charge in [0.25, 0.3) is 0 Å². The highest BCUT2D eigenvalue weighted by Gasteiger charge is 2.20. The molecular weight excluding hydrogens is 399 g/mol. The average molecular weight is 424 g/mol. The number of aryl methyl sites for hydroxylation is 1. The molecule has 4 aromatic rings. The third-order valence-corrected chi connectivity index (χ3v) is 5.92. The lowest BCUT2D eigenvalue weighted by molar-refractivity contribution is -0.137. The van der Waals surface area contributed by atoms with Crippen LogP contribution in [0.1, 0.15) is 18.4 Å². The average Bonchev–Trinajstić information content (AvgIpc) is 2.80. The summed E-state index contributed by atoms with van der Waals surface area (Å²) in [5.74, 6) is -0.753. The van der Waals surface area contributed by atoms with Crippen LogP contribution in [-0.2, 0) is 11.2 Å². The van der Waals surface area contributed by atoms with E-state index in [1.54, 1.807) is 0 Å². The van der Waals surface area contributed by atoms with Gasteiger partial charge in [0.2, 0.25) is 0 Å². The molecule has 1 atom stereocenters. The molecule has 31 heavy (non-hydrogen) atoms. The molecule has 0 saturated heterocycles. The van der Waals surface area contributed by atoms with E-state index in [1.807, 2.05) is 18.2 Å². The van der Waals surface area contributed by atoms with Gasteiger partial charge in [-0.3, -0.25) is 4.79 Å². The Balaban J connectivity index is 2.03. The van der Waals surface area contributed by atoms with Gasteiger partial charge in [0.1, 0.15) is 0 Å². The van der Waals surface area contributed by atoms with Crippen molar-refractivity contribution < 1.29 is 9.90 Å². The van der Waals surface area contributed by atoms with E-state index in [2.05, 4.69) is 88.1 Å². The van der Waals surface area contributed by atoms with Crippen molar-refractivity contribution in [2.24, 2.45) is 0 Å². The van der Waals surface area contributed by atoms with Crippen molar-refractivity contribution in [1.82, 2.24) is 0 Å². The highest BCUT2D eigenvalue weighted by Crippen LogP contribution is 2.42. The van der Waals surface area contributed by atoms with Crippen LogP contribution in [0.25, 0.3) is 33.4 Å². The second kappa shape index (κ2) is 9.73. The maximum atomic E-state index is 11.1. The number of aliphatic carboxylic acids is 1. The first-order chi connectivity index (χ1) is 15.1. The van der Waals surface area contributed by atoms with Gasteiger partial charge in [0.05, 0.1) is 0 Å². The summed E-state index contributed by atoms with van der Waals surface area (Å²) >= 11 is 0. The molecule has 4 aromatic carbocycles. The summed E-state index contributed by atoms with van der Waals surface area (Å²) in [4.78, 5) is 11.1. The number of carboxylic acids is 1. The zero-order valence-electron chi connectivity index (χ0n) is 17.3. The second-order valence-corrected chi connectivity index (χ2v) is 8.22. The van der Waals surface area contributed by atoms with E-state index >= 15 is 0 Å². The fraction of sp³-hybridized carbons (Fsp3) is 0.107. The van der Waals surface area contributed by atoms with Crippen LogP contribution in [0.4, 0.5) is 0 Å². The number of hydrogen-bond donors (Lipinski definition) is 1. The molecule has 0 aliphatic heterocycles. The predicted octanol–water partition coefficient (Wildman–Crippen LogP) is 6.60. The Morgan fingerprint density at radius 1 is 0.677 bits per heavy atom. The van der Waals surface area contributed by atoms with E-state index in [0.717, 1.165) is 16.4 Å². The Kier molecular flexibility index (Phi) is 6.60.